The van der Waals surface area contributed by atoms with Crippen molar-refractivity contribution in [1.29, 1.82) is 0 Å². The number of carbonyl (C=O) groups excluding carboxylic acids is 2. The third kappa shape index (κ3) is 3.94. The minimum Gasteiger partial charge on any atom is -0.480 e. The molecule has 0 spiro atoms. The second-order valence-corrected chi connectivity index (χ2v) is 6.46. The van der Waals surface area contributed by atoms with Crippen molar-refractivity contribution >= 4 is 35.1 Å². The van der Waals surface area contributed by atoms with E-state index in [4.69, 9.17) is 16.3 Å². The molecular formula is C16H17ClN6O5. The molecule has 0 aliphatic carbocycles. The van der Waals surface area contributed by atoms with Crippen LogP contribution in [0.5, 0.6) is 0 Å². The number of amides is 2. The predicted octanol–water partition coefficient (Wildman–Crippen LogP) is -0.0194. The molecule has 3 rings (SSSR count). The Kier molecular flexibility index (Phi) is 5.85. The summed E-state index contributed by atoms with van der Waals surface area (Å²) in [7, 11) is 1.43. The van der Waals surface area contributed by atoms with Crippen molar-refractivity contribution in [2.24, 2.45) is 0 Å². The SMILES string of the molecule is COCCC(C(=O)O)N1CC(=O)N(c2cc(Cl)ccc2-n2cnnn2)CC1=O. The number of hydrogen-bond donors (Lipinski definition) is 1. The van der Waals surface area contributed by atoms with Gasteiger partial charge in [-0.15, -0.1) is 5.10 Å². The van der Waals surface area contributed by atoms with Crippen molar-refractivity contribution < 1.29 is 24.2 Å². The second kappa shape index (κ2) is 8.31. The average Bonchev–Trinajstić information content (AvgIpc) is 3.18. The smallest absolute Gasteiger partial charge is 0.326 e. The van der Waals surface area contributed by atoms with Crippen LogP contribution in [0.4, 0.5) is 5.69 Å². The van der Waals surface area contributed by atoms with Gasteiger partial charge in [-0.05, 0) is 28.6 Å². The summed E-state index contributed by atoms with van der Waals surface area (Å²) in [6.07, 6.45) is 1.43. The summed E-state index contributed by atoms with van der Waals surface area (Å²) in [6.45, 7) is -0.553. The van der Waals surface area contributed by atoms with Gasteiger partial charge in [-0.3, -0.25) is 14.5 Å². The fourth-order valence-corrected chi connectivity index (χ4v) is 3.12. The van der Waals surface area contributed by atoms with Crippen LogP contribution in [0.15, 0.2) is 24.5 Å². The Balaban J connectivity index is 1.90. The van der Waals surface area contributed by atoms with E-state index >= 15 is 0 Å². The first-order valence-electron chi connectivity index (χ1n) is 8.27. The maximum absolute atomic E-state index is 12.8. The molecule has 0 bridgehead atoms. The van der Waals surface area contributed by atoms with Crippen molar-refractivity contribution in [3.8, 4) is 5.69 Å². The van der Waals surface area contributed by atoms with Gasteiger partial charge in [0.15, 0.2) is 0 Å². The number of benzene rings is 1. The fraction of sp³-hybridized carbons (Fsp3) is 0.375. The minimum atomic E-state index is -1.19. The Bertz CT molecular complexity index is 890. The molecule has 12 heteroatoms. The summed E-state index contributed by atoms with van der Waals surface area (Å²) >= 11 is 6.07. The molecule has 1 atom stereocenters. The zero-order chi connectivity index (χ0) is 20.3. The maximum Gasteiger partial charge on any atom is 0.326 e. The highest BCUT2D eigenvalue weighted by molar-refractivity contribution is 6.31. The lowest BCUT2D eigenvalue weighted by molar-refractivity contribution is -0.153. The molecule has 0 radical (unpaired) electrons. The molecule has 1 fully saturated rings. The van der Waals surface area contributed by atoms with Crippen LogP contribution in [0.25, 0.3) is 5.69 Å². The second-order valence-electron chi connectivity index (χ2n) is 6.02. The highest BCUT2D eigenvalue weighted by Crippen LogP contribution is 2.29. The first kappa shape index (κ1) is 19.7. The number of aliphatic carboxylic acids is 1. The number of piperazine rings is 1. The zero-order valence-electron chi connectivity index (χ0n) is 14.9. The van der Waals surface area contributed by atoms with Crippen LogP contribution in [0.3, 0.4) is 0 Å². The number of halogens is 1. The van der Waals surface area contributed by atoms with Crippen LogP contribution in [-0.4, -0.2) is 80.8 Å². The lowest BCUT2D eigenvalue weighted by Crippen LogP contribution is -2.59. The van der Waals surface area contributed by atoms with E-state index in [0.717, 1.165) is 4.90 Å². The monoisotopic (exact) mass is 408 g/mol. The molecule has 1 aliphatic rings. The van der Waals surface area contributed by atoms with Crippen molar-refractivity contribution in [2.75, 3.05) is 31.7 Å². The van der Waals surface area contributed by atoms with Crippen LogP contribution >= 0.6 is 11.6 Å². The Morgan fingerprint density at radius 1 is 1.29 bits per heavy atom. The van der Waals surface area contributed by atoms with Crippen LogP contribution in [0.1, 0.15) is 6.42 Å². The van der Waals surface area contributed by atoms with Gasteiger partial charge in [-0.2, -0.15) is 4.68 Å². The molecule has 1 saturated heterocycles. The van der Waals surface area contributed by atoms with Gasteiger partial charge in [0.25, 0.3) is 0 Å². The van der Waals surface area contributed by atoms with Gasteiger partial charge in [0.1, 0.15) is 25.5 Å². The number of nitrogens with zero attached hydrogens (tertiary/aromatic N) is 6. The van der Waals surface area contributed by atoms with Gasteiger partial charge in [0.05, 0.1) is 11.4 Å². The van der Waals surface area contributed by atoms with Crippen LogP contribution in [-0.2, 0) is 19.1 Å². The predicted molar refractivity (Wildman–Crippen MR) is 96.1 cm³/mol. The number of hydrogen-bond acceptors (Lipinski definition) is 7. The Hall–Kier alpha value is -3.05. The van der Waals surface area contributed by atoms with E-state index in [9.17, 15) is 19.5 Å². The standard InChI is InChI=1S/C16H17ClN6O5/c1-28-5-4-12(16(26)27)21-7-15(25)22(8-14(21)24)13-6-10(17)2-3-11(13)23-9-18-19-20-23/h2-3,6,9,12H,4-5,7-8H2,1H3,(H,26,27). The van der Waals surface area contributed by atoms with Crippen LogP contribution < -0.4 is 4.90 Å². The average molecular weight is 409 g/mol. The summed E-state index contributed by atoms with van der Waals surface area (Å²) < 4.78 is 6.24. The summed E-state index contributed by atoms with van der Waals surface area (Å²) in [5, 5.41) is 20.7. The molecule has 0 saturated carbocycles. The summed E-state index contributed by atoms with van der Waals surface area (Å²) in [4.78, 5) is 39.3. The molecule has 2 heterocycles. The number of methoxy groups -OCH3 is 1. The molecule has 1 aromatic heterocycles. The number of aromatic nitrogens is 4. The highest BCUT2D eigenvalue weighted by atomic mass is 35.5. The van der Waals surface area contributed by atoms with Gasteiger partial charge in [-0.25, -0.2) is 4.79 Å². The number of carboxylic acid groups (broad SMARTS) is 1. The molecular weight excluding hydrogens is 392 g/mol. The van der Waals surface area contributed by atoms with Crippen molar-refractivity contribution in [3.63, 3.8) is 0 Å². The van der Waals surface area contributed by atoms with Crippen LogP contribution in [0, 0.1) is 0 Å². The molecule has 148 valence electrons. The Morgan fingerprint density at radius 2 is 2.07 bits per heavy atom. The molecule has 1 unspecified atom stereocenters. The molecule has 28 heavy (non-hydrogen) atoms. The van der Waals surface area contributed by atoms with Crippen molar-refractivity contribution in [1.82, 2.24) is 25.1 Å². The van der Waals surface area contributed by atoms with E-state index in [1.54, 1.807) is 12.1 Å². The lowest BCUT2D eigenvalue weighted by atomic mass is 10.1. The summed E-state index contributed by atoms with van der Waals surface area (Å²) in [5.41, 5.74) is 0.805. The number of rotatable bonds is 7. The van der Waals surface area contributed by atoms with E-state index in [1.807, 2.05) is 0 Å². The van der Waals surface area contributed by atoms with E-state index in [1.165, 1.54) is 29.1 Å². The molecule has 1 aromatic carbocycles. The number of tetrazole rings is 1. The molecule has 1 aliphatic heterocycles. The normalized spacial score (nSPS) is 15.8. The number of carboxylic acids is 1. The van der Waals surface area contributed by atoms with Gasteiger partial charge >= 0.3 is 5.97 Å². The first-order valence-corrected chi connectivity index (χ1v) is 8.64. The third-order valence-electron chi connectivity index (χ3n) is 4.30. The Labute approximate surface area is 164 Å². The largest absolute Gasteiger partial charge is 0.480 e. The highest BCUT2D eigenvalue weighted by Gasteiger charge is 2.38. The summed E-state index contributed by atoms with van der Waals surface area (Å²) in [5.74, 6) is -2.13. The molecule has 1 N–H and O–H groups in total. The molecule has 2 aromatic rings. The van der Waals surface area contributed by atoms with Gasteiger partial charge in [-0.1, -0.05) is 11.6 Å². The van der Waals surface area contributed by atoms with Crippen LogP contribution in [0.2, 0.25) is 5.02 Å². The fourth-order valence-electron chi connectivity index (χ4n) is 2.96. The van der Waals surface area contributed by atoms with E-state index in [-0.39, 0.29) is 26.1 Å². The number of ether oxygens (including phenoxy) is 1. The quantitative estimate of drug-likeness (QED) is 0.676. The lowest BCUT2D eigenvalue weighted by Gasteiger charge is -2.37. The van der Waals surface area contributed by atoms with Gasteiger partial charge in [0, 0.05) is 25.2 Å². The number of carbonyl (C=O) groups is 3. The van der Waals surface area contributed by atoms with Gasteiger partial charge < -0.3 is 14.7 Å². The maximum atomic E-state index is 12.8. The summed E-state index contributed by atoms with van der Waals surface area (Å²) in [6, 6.07) is 3.61. The van der Waals surface area contributed by atoms with E-state index < -0.39 is 23.8 Å². The molecule has 11 nitrogen and oxygen atoms in total. The van der Waals surface area contributed by atoms with Crippen molar-refractivity contribution in [3.05, 3.63) is 29.5 Å². The van der Waals surface area contributed by atoms with Gasteiger partial charge in [0.2, 0.25) is 11.8 Å². The van der Waals surface area contributed by atoms with E-state index in [0.29, 0.717) is 16.4 Å². The zero-order valence-corrected chi connectivity index (χ0v) is 15.6. The third-order valence-corrected chi connectivity index (χ3v) is 4.54. The Morgan fingerprint density at radius 3 is 2.71 bits per heavy atom. The molecule has 2 amide bonds. The van der Waals surface area contributed by atoms with Crippen molar-refractivity contribution in [2.45, 2.75) is 12.5 Å². The topological polar surface area (TPSA) is 131 Å². The first-order chi connectivity index (χ1) is 13.4. The minimum absolute atomic E-state index is 0.0812. The number of anilines is 1. The van der Waals surface area contributed by atoms with E-state index in [2.05, 4.69) is 15.5 Å².